The van der Waals surface area contributed by atoms with Crippen molar-refractivity contribution in [3.63, 3.8) is 0 Å². The predicted octanol–water partition coefficient (Wildman–Crippen LogP) is 3.90. The molecule has 0 aromatic heterocycles. The molecule has 0 bridgehead atoms. The monoisotopic (exact) mass is 248 g/mol. The van der Waals surface area contributed by atoms with Crippen molar-refractivity contribution in [3.8, 4) is 0 Å². The lowest BCUT2D eigenvalue weighted by Crippen LogP contribution is -2.28. The second-order valence-electron chi connectivity index (χ2n) is 4.23. The predicted molar refractivity (Wildman–Crippen MR) is 60.4 cm³/mol. The van der Waals surface area contributed by atoms with Gasteiger partial charge in [0.25, 0.3) is 0 Å². The van der Waals surface area contributed by atoms with E-state index in [1.165, 1.54) is 38.5 Å². The van der Waals surface area contributed by atoms with Crippen LogP contribution < -0.4 is 0 Å². The van der Waals surface area contributed by atoms with Crippen molar-refractivity contribution in [2.75, 3.05) is 0 Å². The van der Waals surface area contributed by atoms with Crippen LogP contribution in [0.5, 0.6) is 0 Å². The Balaban J connectivity index is 2.37. The average Bonchev–Trinajstić information content (AvgIpc) is 2.04. The fourth-order valence-electron chi connectivity index (χ4n) is 1.91. The van der Waals surface area contributed by atoms with Gasteiger partial charge in [0.05, 0.1) is 12.2 Å². The second-order valence-corrected chi connectivity index (χ2v) is 5.41. The standard InChI is InChI=1S/C11H21BrO/c1-9(2)13-11-8-6-4-3-5-7-10(11)12/h9-11H,3-8H2,1-2H3. The van der Waals surface area contributed by atoms with E-state index in [0.29, 0.717) is 17.0 Å². The summed E-state index contributed by atoms with van der Waals surface area (Å²) in [6, 6.07) is 0. The molecule has 78 valence electrons. The highest BCUT2D eigenvalue weighted by Gasteiger charge is 2.21. The minimum absolute atomic E-state index is 0.365. The van der Waals surface area contributed by atoms with Crippen LogP contribution in [-0.4, -0.2) is 17.0 Å². The highest BCUT2D eigenvalue weighted by Crippen LogP contribution is 2.25. The molecule has 0 heterocycles. The number of halogens is 1. The van der Waals surface area contributed by atoms with Crippen molar-refractivity contribution in [1.82, 2.24) is 0 Å². The molecule has 1 rings (SSSR count). The first-order valence-corrected chi connectivity index (χ1v) is 6.41. The van der Waals surface area contributed by atoms with Crippen molar-refractivity contribution in [3.05, 3.63) is 0 Å². The number of alkyl halides is 1. The van der Waals surface area contributed by atoms with Crippen LogP contribution in [0.2, 0.25) is 0 Å². The molecule has 1 fully saturated rings. The summed E-state index contributed by atoms with van der Waals surface area (Å²) in [7, 11) is 0. The van der Waals surface area contributed by atoms with Gasteiger partial charge in [-0.1, -0.05) is 41.6 Å². The van der Waals surface area contributed by atoms with E-state index in [-0.39, 0.29) is 0 Å². The summed E-state index contributed by atoms with van der Waals surface area (Å²) in [6.07, 6.45) is 8.79. The summed E-state index contributed by atoms with van der Waals surface area (Å²) in [5, 5.41) is 0. The lowest BCUT2D eigenvalue weighted by molar-refractivity contribution is -0.00116. The Bertz CT molecular complexity index is 136. The number of hydrogen-bond donors (Lipinski definition) is 0. The third kappa shape index (κ3) is 4.46. The van der Waals surface area contributed by atoms with E-state index in [0.717, 1.165) is 0 Å². The largest absolute Gasteiger partial charge is 0.374 e. The SMILES string of the molecule is CC(C)OC1CCCCCCC1Br. The molecule has 1 aliphatic rings. The highest BCUT2D eigenvalue weighted by molar-refractivity contribution is 9.09. The maximum absolute atomic E-state index is 5.89. The molecule has 0 saturated heterocycles. The second kappa shape index (κ2) is 6.02. The van der Waals surface area contributed by atoms with E-state index >= 15 is 0 Å². The zero-order valence-corrected chi connectivity index (χ0v) is 10.3. The molecule has 2 unspecified atom stereocenters. The van der Waals surface area contributed by atoms with Gasteiger partial charge in [-0.3, -0.25) is 0 Å². The molecular formula is C11H21BrO. The van der Waals surface area contributed by atoms with E-state index in [2.05, 4.69) is 29.8 Å². The summed E-state index contributed by atoms with van der Waals surface area (Å²) in [5.74, 6) is 0. The third-order valence-corrected chi connectivity index (χ3v) is 3.62. The van der Waals surface area contributed by atoms with E-state index in [9.17, 15) is 0 Å². The molecule has 0 radical (unpaired) electrons. The minimum atomic E-state index is 0.365. The number of ether oxygens (including phenoxy) is 1. The van der Waals surface area contributed by atoms with Gasteiger partial charge in [0, 0.05) is 4.83 Å². The van der Waals surface area contributed by atoms with Gasteiger partial charge in [0.15, 0.2) is 0 Å². The molecular weight excluding hydrogens is 228 g/mol. The van der Waals surface area contributed by atoms with Crippen LogP contribution in [0.4, 0.5) is 0 Å². The first-order chi connectivity index (χ1) is 6.20. The summed E-state index contributed by atoms with van der Waals surface area (Å²) in [4.78, 5) is 0.579. The van der Waals surface area contributed by atoms with Gasteiger partial charge in [0.2, 0.25) is 0 Å². The highest BCUT2D eigenvalue weighted by atomic mass is 79.9. The van der Waals surface area contributed by atoms with Crippen molar-refractivity contribution in [2.45, 2.75) is 69.4 Å². The van der Waals surface area contributed by atoms with Gasteiger partial charge in [-0.05, 0) is 26.7 Å². The summed E-state index contributed by atoms with van der Waals surface area (Å²) >= 11 is 3.74. The van der Waals surface area contributed by atoms with Gasteiger partial charge in [-0.2, -0.15) is 0 Å². The Hall–Kier alpha value is 0.440. The molecule has 2 atom stereocenters. The van der Waals surface area contributed by atoms with E-state index in [1.807, 2.05) is 0 Å². The molecule has 2 heteroatoms. The molecule has 0 amide bonds. The third-order valence-electron chi connectivity index (χ3n) is 2.57. The molecule has 1 aliphatic carbocycles. The van der Waals surface area contributed by atoms with Crippen molar-refractivity contribution in [1.29, 1.82) is 0 Å². The lowest BCUT2D eigenvalue weighted by atomic mass is 9.98. The van der Waals surface area contributed by atoms with Crippen molar-refractivity contribution in [2.24, 2.45) is 0 Å². The molecule has 0 N–H and O–H groups in total. The Morgan fingerprint density at radius 3 is 2.31 bits per heavy atom. The average molecular weight is 249 g/mol. The molecule has 1 saturated carbocycles. The fourth-order valence-corrected chi connectivity index (χ4v) is 2.62. The molecule has 0 aromatic rings. The van der Waals surface area contributed by atoms with E-state index in [4.69, 9.17) is 4.74 Å². The van der Waals surface area contributed by atoms with Gasteiger partial charge in [-0.25, -0.2) is 0 Å². The summed E-state index contributed by atoms with van der Waals surface area (Å²) < 4.78 is 5.89. The van der Waals surface area contributed by atoms with E-state index in [1.54, 1.807) is 0 Å². The van der Waals surface area contributed by atoms with Crippen molar-refractivity contribution < 1.29 is 4.74 Å². The van der Waals surface area contributed by atoms with Gasteiger partial charge in [-0.15, -0.1) is 0 Å². The van der Waals surface area contributed by atoms with Crippen LogP contribution in [-0.2, 0) is 4.74 Å². The normalized spacial score (nSPS) is 31.4. The maximum Gasteiger partial charge on any atom is 0.0703 e. The van der Waals surface area contributed by atoms with Crippen LogP contribution in [0.1, 0.15) is 52.4 Å². The van der Waals surface area contributed by atoms with E-state index < -0.39 is 0 Å². The van der Waals surface area contributed by atoms with Crippen LogP contribution in [0, 0.1) is 0 Å². The number of rotatable bonds is 2. The van der Waals surface area contributed by atoms with Gasteiger partial charge in [0.1, 0.15) is 0 Å². The van der Waals surface area contributed by atoms with Crippen LogP contribution in [0.3, 0.4) is 0 Å². The summed E-state index contributed by atoms with van der Waals surface area (Å²) in [6.45, 7) is 4.25. The molecule has 13 heavy (non-hydrogen) atoms. The quantitative estimate of drug-likeness (QED) is 0.674. The Morgan fingerprint density at radius 2 is 1.69 bits per heavy atom. The minimum Gasteiger partial charge on any atom is -0.374 e. The first-order valence-electron chi connectivity index (χ1n) is 5.49. The molecule has 0 aromatic carbocycles. The molecule has 0 spiro atoms. The number of hydrogen-bond acceptors (Lipinski definition) is 1. The summed E-state index contributed by atoms with van der Waals surface area (Å²) in [5.41, 5.74) is 0. The Kier molecular flexibility index (Phi) is 5.34. The first kappa shape index (κ1) is 11.5. The van der Waals surface area contributed by atoms with Gasteiger partial charge >= 0.3 is 0 Å². The molecule has 1 nitrogen and oxygen atoms in total. The lowest BCUT2D eigenvalue weighted by Gasteiger charge is -2.27. The zero-order valence-electron chi connectivity index (χ0n) is 8.76. The smallest absolute Gasteiger partial charge is 0.0703 e. The fraction of sp³-hybridized carbons (Fsp3) is 1.00. The van der Waals surface area contributed by atoms with Crippen molar-refractivity contribution >= 4 is 15.9 Å². The molecule has 0 aliphatic heterocycles. The van der Waals surface area contributed by atoms with Crippen LogP contribution in [0.15, 0.2) is 0 Å². The Labute approximate surface area is 90.4 Å². The van der Waals surface area contributed by atoms with Crippen LogP contribution in [0.25, 0.3) is 0 Å². The van der Waals surface area contributed by atoms with Crippen LogP contribution >= 0.6 is 15.9 Å². The Morgan fingerprint density at radius 1 is 1.08 bits per heavy atom. The van der Waals surface area contributed by atoms with Gasteiger partial charge < -0.3 is 4.74 Å². The zero-order chi connectivity index (χ0) is 9.68. The maximum atomic E-state index is 5.89. The topological polar surface area (TPSA) is 9.23 Å².